The lowest BCUT2D eigenvalue weighted by molar-refractivity contribution is -0.0461. The Morgan fingerprint density at radius 1 is 0.840 bits per heavy atom. The van der Waals surface area contributed by atoms with Gasteiger partial charge in [0.2, 0.25) is 0 Å². The monoisotopic (exact) mass is 332 g/mol. The average molecular weight is 332 g/mol. The number of carbonyl (C=O) groups is 1. The first-order valence-corrected chi connectivity index (χ1v) is 7.98. The number of rotatable bonds is 3. The molecule has 0 spiro atoms. The molecule has 1 N–H and O–H groups in total. The van der Waals surface area contributed by atoms with E-state index in [1.807, 2.05) is 60.7 Å². The zero-order valence-electron chi connectivity index (χ0n) is 13.6. The molecule has 0 atom stereocenters. The van der Waals surface area contributed by atoms with Crippen molar-refractivity contribution in [2.45, 2.75) is 12.7 Å². The molecule has 25 heavy (non-hydrogen) atoms. The Balaban J connectivity index is 1.91. The highest BCUT2D eigenvalue weighted by Gasteiger charge is 2.46. The van der Waals surface area contributed by atoms with Crippen molar-refractivity contribution in [3.63, 3.8) is 0 Å². The molecule has 0 bridgehead atoms. The minimum Gasteiger partial charge on any atom is -0.478 e. The summed E-state index contributed by atoms with van der Waals surface area (Å²) >= 11 is 0. The number of hydrogen-bond donors (Lipinski definition) is 1. The van der Waals surface area contributed by atoms with Crippen LogP contribution >= 0.6 is 0 Å². The van der Waals surface area contributed by atoms with Crippen LogP contribution in [0.4, 0.5) is 0 Å². The van der Waals surface area contributed by atoms with Crippen LogP contribution in [0.5, 0.6) is 11.5 Å². The van der Waals surface area contributed by atoms with Gasteiger partial charge in [-0.05, 0) is 19.1 Å². The molecule has 3 aromatic rings. The average Bonchev–Trinajstić information content (AvgIpc) is 3.05. The Hall–Kier alpha value is -3.27. The van der Waals surface area contributed by atoms with Crippen molar-refractivity contribution in [2.24, 2.45) is 0 Å². The lowest BCUT2D eigenvalue weighted by Crippen LogP contribution is -2.36. The van der Waals surface area contributed by atoms with Gasteiger partial charge in [0.1, 0.15) is 0 Å². The Bertz CT molecular complexity index is 893. The number of aromatic carboxylic acids is 1. The summed E-state index contributed by atoms with van der Waals surface area (Å²) in [4.78, 5) is 11.4. The smallest absolute Gasteiger partial charge is 0.336 e. The van der Waals surface area contributed by atoms with Crippen LogP contribution in [-0.2, 0) is 5.79 Å². The van der Waals surface area contributed by atoms with E-state index >= 15 is 0 Å². The third-order valence-corrected chi connectivity index (χ3v) is 4.41. The first-order valence-electron chi connectivity index (χ1n) is 7.98. The van der Waals surface area contributed by atoms with E-state index in [4.69, 9.17) is 9.47 Å². The molecule has 4 rings (SSSR count). The van der Waals surface area contributed by atoms with Crippen molar-refractivity contribution in [1.82, 2.24) is 0 Å². The van der Waals surface area contributed by atoms with E-state index in [2.05, 4.69) is 0 Å². The van der Waals surface area contributed by atoms with Gasteiger partial charge < -0.3 is 14.6 Å². The summed E-state index contributed by atoms with van der Waals surface area (Å²) < 4.78 is 12.6. The lowest BCUT2D eigenvalue weighted by Gasteiger charge is -2.28. The number of carboxylic acid groups (broad SMARTS) is 1. The molecule has 0 amide bonds. The summed E-state index contributed by atoms with van der Waals surface area (Å²) in [5.41, 5.74) is 2.44. The van der Waals surface area contributed by atoms with E-state index in [-0.39, 0.29) is 5.56 Å². The van der Waals surface area contributed by atoms with Crippen molar-refractivity contribution in [3.8, 4) is 11.5 Å². The molecule has 4 nitrogen and oxygen atoms in total. The van der Waals surface area contributed by atoms with E-state index in [0.717, 1.165) is 11.1 Å². The third-order valence-electron chi connectivity index (χ3n) is 4.41. The maximum atomic E-state index is 11.4. The second kappa shape index (κ2) is 5.67. The molecule has 0 fully saturated rings. The second-order valence-corrected chi connectivity index (χ2v) is 5.92. The number of hydrogen-bond acceptors (Lipinski definition) is 3. The summed E-state index contributed by atoms with van der Waals surface area (Å²) in [5.74, 6) is -1.11. The SMILES string of the molecule is Cc1c(C(=O)O)ccc2c1OC(c1ccccc1)(c1ccccc1)O2. The van der Waals surface area contributed by atoms with Gasteiger partial charge in [-0.15, -0.1) is 0 Å². The number of fused-ring (bicyclic) bond motifs is 1. The minimum atomic E-state index is -1.13. The Morgan fingerprint density at radius 2 is 1.40 bits per heavy atom. The van der Waals surface area contributed by atoms with Crippen LogP contribution in [0.3, 0.4) is 0 Å². The molecule has 0 saturated heterocycles. The van der Waals surface area contributed by atoms with Crippen LogP contribution in [-0.4, -0.2) is 11.1 Å². The maximum Gasteiger partial charge on any atom is 0.336 e. The fourth-order valence-electron chi connectivity index (χ4n) is 3.14. The molecule has 1 aliphatic rings. The predicted octanol–water partition coefficient (Wildman–Crippen LogP) is 4.37. The molecule has 0 saturated carbocycles. The van der Waals surface area contributed by atoms with Crippen LogP contribution in [0.15, 0.2) is 72.8 Å². The van der Waals surface area contributed by atoms with E-state index in [9.17, 15) is 9.90 Å². The van der Waals surface area contributed by atoms with Gasteiger partial charge in [0.25, 0.3) is 0 Å². The molecular weight excluding hydrogens is 316 g/mol. The third kappa shape index (κ3) is 2.34. The summed E-state index contributed by atoms with van der Waals surface area (Å²) in [6.45, 7) is 1.73. The molecule has 0 aliphatic carbocycles. The molecule has 0 radical (unpaired) electrons. The standard InChI is InChI=1S/C21H16O4/c1-14-17(20(22)23)12-13-18-19(14)25-21(24-18,15-8-4-2-5-9-15)16-10-6-3-7-11-16/h2-13H,1H3,(H,22,23). The van der Waals surface area contributed by atoms with E-state index in [1.165, 1.54) is 0 Å². The van der Waals surface area contributed by atoms with Crippen molar-refractivity contribution in [2.75, 3.05) is 0 Å². The van der Waals surface area contributed by atoms with E-state index in [0.29, 0.717) is 17.1 Å². The maximum absolute atomic E-state index is 11.4. The van der Waals surface area contributed by atoms with Gasteiger partial charge in [-0.2, -0.15) is 0 Å². The van der Waals surface area contributed by atoms with Crippen molar-refractivity contribution in [3.05, 3.63) is 95.1 Å². The summed E-state index contributed by atoms with van der Waals surface area (Å²) in [5, 5.41) is 9.36. The van der Waals surface area contributed by atoms with Crippen LogP contribution in [0.25, 0.3) is 0 Å². The molecular formula is C21H16O4. The molecule has 124 valence electrons. The first-order chi connectivity index (χ1) is 12.1. The Labute approximate surface area is 145 Å². The molecule has 1 aliphatic heterocycles. The highest BCUT2D eigenvalue weighted by Crippen LogP contribution is 2.49. The summed E-state index contributed by atoms with van der Waals surface area (Å²) in [6.07, 6.45) is 0. The van der Waals surface area contributed by atoms with Crippen LogP contribution in [0, 0.1) is 6.92 Å². The van der Waals surface area contributed by atoms with Gasteiger partial charge in [-0.1, -0.05) is 60.7 Å². The molecule has 1 heterocycles. The van der Waals surface area contributed by atoms with Crippen molar-refractivity contribution >= 4 is 5.97 Å². The van der Waals surface area contributed by atoms with Gasteiger partial charge >= 0.3 is 11.8 Å². The number of benzene rings is 3. The summed E-state index contributed by atoms with van der Waals surface area (Å²) in [6, 6.07) is 22.5. The van der Waals surface area contributed by atoms with Crippen molar-refractivity contribution in [1.29, 1.82) is 0 Å². The van der Waals surface area contributed by atoms with Crippen LogP contribution in [0.1, 0.15) is 27.0 Å². The normalized spacial score (nSPS) is 14.3. The Morgan fingerprint density at radius 3 is 1.92 bits per heavy atom. The van der Waals surface area contributed by atoms with Crippen LogP contribution < -0.4 is 9.47 Å². The highest BCUT2D eigenvalue weighted by molar-refractivity contribution is 5.90. The lowest BCUT2D eigenvalue weighted by atomic mass is 9.97. The van der Waals surface area contributed by atoms with E-state index in [1.54, 1.807) is 19.1 Å². The van der Waals surface area contributed by atoms with Gasteiger partial charge in [-0.3, -0.25) is 0 Å². The van der Waals surface area contributed by atoms with Gasteiger partial charge in [0.15, 0.2) is 11.5 Å². The van der Waals surface area contributed by atoms with Crippen LogP contribution in [0.2, 0.25) is 0 Å². The quantitative estimate of drug-likeness (QED) is 0.774. The highest BCUT2D eigenvalue weighted by atomic mass is 16.7. The molecule has 0 aromatic heterocycles. The number of carboxylic acids is 1. The second-order valence-electron chi connectivity index (χ2n) is 5.92. The van der Waals surface area contributed by atoms with Gasteiger partial charge in [0.05, 0.1) is 5.56 Å². The molecule has 3 aromatic carbocycles. The fraction of sp³-hybridized carbons (Fsp3) is 0.0952. The Kier molecular flexibility index (Phi) is 3.46. The zero-order valence-corrected chi connectivity index (χ0v) is 13.6. The zero-order chi connectivity index (χ0) is 17.4. The predicted molar refractivity (Wildman–Crippen MR) is 93.1 cm³/mol. The van der Waals surface area contributed by atoms with Crippen molar-refractivity contribution < 1.29 is 19.4 Å². The molecule has 0 unspecified atom stereocenters. The summed E-state index contributed by atoms with van der Waals surface area (Å²) in [7, 11) is 0. The largest absolute Gasteiger partial charge is 0.478 e. The van der Waals surface area contributed by atoms with Gasteiger partial charge in [0, 0.05) is 16.7 Å². The number of ether oxygens (including phenoxy) is 2. The molecule has 4 heteroatoms. The first kappa shape index (κ1) is 15.3. The van der Waals surface area contributed by atoms with Gasteiger partial charge in [-0.25, -0.2) is 4.79 Å². The minimum absolute atomic E-state index is 0.208. The van der Waals surface area contributed by atoms with E-state index < -0.39 is 11.8 Å². The topological polar surface area (TPSA) is 55.8 Å². The fourth-order valence-corrected chi connectivity index (χ4v) is 3.14.